The predicted octanol–water partition coefficient (Wildman–Crippen LogP) is 3.04. The molecule has 0 aliphatic heterocycles. The standard InChI is InChI=1S/C15H21NO2/c1-2-3-5-10-15(14(17)11-16)18-12-13-8-6-4-7-9-13/h4,6-9,14-15,17H,2-3,5,10,12H2,1H3/t14-,15-/m1/s1. The number of hydrogen-bond acceptors (Lipinski definition) is 3. The fraction of sp³-hybridized carbons (Fsp3) is 0.533. The lowest BCUT2D eigenvalue weighted by Gasteiger charge is -2.19. The van der Waals surface area contributed by atoms with Crippen molar-refractivity contribution in [2.24, 2.45) is 0 Å². The minimum absolute atomic E-state index is 0.387. The summed E-state index contributed by atoms with van der Waals surface area (Å²) >= 11 is 0. The molecule has 0 aliphatic rings. The lowest BCUT2D eigenvalue weighted by atomic mass is 10.1. The Bertz CT molecular complexity index is 359. The first-order valence-corrected chi connectivity index (χ1v) is 6.51. The second-order valence-electron chi connectivity index (χ2n) is 4.40. The largest absolute Gasteiger partial charge is 0.375 e. The molecular weight excluding hydrogens is 226 g/mol. The van der Waals surface area contributed by atoms with Crippen LogP contribution < -0.4 is 0 Å². The van der Waals surface area contributed by atoms with Crippen LogP contribution in [0.4, 0.5) is 0 Å². The Morgan fingerprint density at radius 1 is 1.28 bits per heavy atom. The summed E-state index contributed by atoms with van der Waals surface area (Å²) in [6, 6.07) is 11.7. The van der Waals surface area contributed by atoms with E-state index < -0.39 is 6.10 Å². The third-order valence-electron chi connectivity index (χ3n) is 2.88. The highest BCUT2D eigenvalue weighted by Crippen LogP contribution is 2.13. The molecule has 0 fully saturated rings. The van der Waals surface area contributed by atoms with Crippen molar-refractivity contribution in [3.05, 3.63) is 35.9 Å². The molecule has 3 nitrogen and oxygen atoms in total. The third kappa shape index (κ3) is 5.31. The van der Waals surface area contributed by atoms with Gasteiger partial charge in [-0.25, -0.2) is 0 Å². The molecule has 0 aliphatic carbocycles. The summed E-state index contributed by atoms with van der Waals surface area (Å²) in [4.78, 5) is 0. The van der Waals surface area contributed by atoms with Crippen molar-refractivity contribution in [3.63, 3.8) is 0 Å². The van der Waals surface area contributed by atoms with Crippen LogP contribution in [0.1, 0.15) is 38.2 Å². The first-order valence-electron chi connectivity index (χ1n) is 6.51. The minimum Gasteiger partial charge on any atom is -0.375 e. The van der Waals surface area contributed by atoms with Gasteiger partial charge in [0.05, 0.1) is 18.8 Å². The average Bonchev–Trinajstić information content (AvgIpc) is 2.43. The first-order chi connectivity index (χ1) is 8.77. The highest BCUT2D eigenvalue weighted by atomic mass is 16.5. The average molecular weight is 247 g/mol. The summed E-state index contributed by atoms with van der Waals surface area (Å²) in [6.45, 7) is 2.57. The van der Waals surface area contributed by atoms with Crippen molar-refractivity contribution in [1.29, 1.82) is 5.26 Å². The van der Waals surface area contributed by atoms with Crippen molar-refractivity contribution < 1.29 is 9.84 Å². The molecule has 1 N–H and O–H groups in total. The van der Waals surface area contributed by atoms with Crippen LogP contribution in [0.5, 0.6) is 0 Å². The van der Waals surface area contributed by atoms with Gasteiger partial charge in [-0.3, -0.25) is 0 Å². The van der Waals surface area contributed by atoms with Crippen molar-refractivity contribution in [3.8, 4) is 6.07 Å². The Balaban J connectivity index is 2.43. The molecule has 0 bridgehead atoms. The number of hydrogen-bond donors (Lipinski definition) is 1. The monoisotopic (exact) mass is 247 g/mol. The van der Waals surface area contributed by atoms with Crippen molar-refractivity contribution in [2.75, 3.05) is 0 Å². The van der Waals surface area contributed by atoms with Crippen LogP contribution >= 0.6 is 0 Å². The van der Waals surface area contributed by atoms with Gasteiger partial charge in [-0.15, -0.1) is 0 Å². The second kappa shape index (κ2) is 8.68. The summed E-state index contributed by atoms with van der Waals surface area (Å²) in [6.07, 6.45) is 2.51. The third-order valence-corrected chi connectivity index (χ3v) is 2.88. The van der Waals surface area contributed by atoms with Gasteiger partial charge in [-0.1, -0.05) is 56.5 Å². The van der Waals surface area contributed by atoms with E-state index in [1.54, 1.807) is 0 Å². The fourth-order valence-corrected chi connectivity index (χ4v) is 1.79. The molecule has 0 saturated heterocycles. The van der Waals surface area contributed by atoms with Gasteiger partial charge in [0.2, 0.25) is 0 Å². The predicted molar refractivity (Wildman–Crippen MR) is 70.8 cm³/mol. The number of nitrogens with zero attached hydrogens (tertiary/aromatic N) is 1. The molecule has 1 aromatic carbocycles. The lowest BCUT2D eigenvalue weighted by molar-refractivity contribution is -0.0292. The number of aliphatic hydroxyl groups excluding tert-OH is 1. The van der Waals surface area contributed by atoms with Crippen LogP contribution in [-0.4, -0.2) is 17.3 Å². The Kier molecular flexibility index (Phi) is 7.09. The molecule has 0 unspecified atom stereocenters. The van der Waals surface area contributed by atoms with Gasteiger partial charge < -0.3 is 9.84 Å². The van der Waals surface area contributed by atoms with Crippen LogP contribution in [0.25, 0.3) is 0 Å². The number of aliphatic hydroxyl groups is 1. The van der Waals surface area contributed by atoms with Crippen LogP contribution in [0.2, 0.25) is 0 Å². The molecule has 98 valence electrons. The maximum atomic E-state index is 9.61. The van der Waals surface area contributed by atoms with Gasteiger partial charge in [0.1, 0.15) is 0 Å². The van der Waals surface area contributed by atoms with Crippen LogP contribution in [-0.2, 0) is 11.3 Å². The zero-order valence-corrected chi connectivity index (χ0v) is 10.9. The minimum atomic E-state index is -1.04. The molecule has 0 saturated carbocycles. The number of unbranched alkanes of at least 4 members (excludes halogenated alkanes) is 2. The van der Waals surface area contributed by atoms with E-state index in [4.69, 9.17) is 10.00 Å². The molecular formula is C15H21NO2. The van der Waals surface area contributed by atoms with E-state index in [-0.39, 0.29) is 6.10 Å². The van der Waals surface area contributed by atoms with Gasteiger partial charge in [-0.2, -0.15) is 5.26 Å². The molecule has 0 radical (unpaired) electrons. The Labute approximate surface area is 109 Å². The molecule has 2 atom stereocenters. The van der Waals surface area contributed by atoms with E-state index in [2.05, 4.69) is 6.92 Å². The molecule has 3 heteroatoms. The maximum Gasteiger partial charge on any atom is 0.166 e. The van der Waals surface area contributed by atoms with Crippen LogP contribution in [0, 0.1) is 11.3 Å². The molecule has 18 heavy (non-hydrogen) atoms. The molecule has 0 aromatic heterocycles. The van der Waals surface area contributed by atoms with Gasteiger partial charge >= 0.3 is 0 Å². The SMILES string of the molecule is CCCCC[C@@H](OCc1ccccc1)[C@H](O)C#N. The summed E-state index contributed by atoms with van der Waals surface area (Å²) in [5.74, 6) is 0. The summed E-state index contributed by atoms with van der Waals surface area (Å²) in [5, 5.41) is 18.4. The lowest BCUT2D eigenvalue weighted by Crippen LogP contribution is -2.27. The van der Waals surface area contributed by atoms with E-state index in [0.717, 1.165) is 31.2 Å². The van der Waals surface area contributed by atoms with E-state index in [1.807, 2.05) is 36.4 Å². The van der Waals surface area contributed by atoms with Gasteiger partial charge in [0, 0.05) is 0 Å². The smallest absolute Gasteiger partial charge is 0.166 e. The Hall–Kier alpha value is -1.37. The topological polar surface area (TPSA) is 53.2 Å². The Morgan fingerprint density at radius 3 is 2.61 bits per heavy atom. The molecule has 0 heterocycles. The molecule has 1 aromatic rings. The van der Waals surface area contributed by atoms with Crippen LogP contribution in [0.15, 0.2) is 30.3 Å². The number of rotatable bonds is 8. The number of benzene rings is 1. The second-order valence-corrected chi connectivity index (χ2v) is 4.40. The summed E-state index contributed by atoms with van der Waals surface area (Å²) in [7, 11) is 0. The molecule has 0 amide bonds. The number of ether oxygens (including phenoxy) is 1. The fourth-order valence-electron chi connectivity index (χ4n) is 1.79. The molecule has 1 rings (SSSR count). The normalized spacial score (nSPS) is 13.8. The van der Waals surface area contributed by atoms with Gasteiger partial charge in [0.25, 0.3) is 0 Å². The highest BCUT2D eigenvalue weighted by Gasteiger charge is 2.18. The maximum absolute atomic E-state index is 9.61. The van der Waals surface area contributed by atoms with E-state index in [1.165, 1.54) is 0 Å². The zero-order chi connectivity index (χ0) is 13.2. The summed E-state index contributed by atoms with van der Waals surface area (Å²) < 4.78 is 5.65. The van der Waals surface area contributed by atoms with Crippen molar-refractivity contribution >= 4 is 0 Å². The quantitative estimate of drug-likeness (QED) is 0.567. The highest BCUT2D eigenvalue weighted by molar-refractivity contribution is 5.13. The zero-order valence-electron chi connectivity index (χ0n) is 10.9. The molecule has 0 spiro atoms. The van der Waals surface area contributed by atoms with Gasteiger partial charge in [0.15, 0.2) is 6.10 Å². The van der Waals surface area contributed by atoms with Crippen molar-refractivity contribution in [2.45, 2.75) is 51.4 Å². The van der Waals surface area contributed by atoms with Crippen molar-refractivity contribution in [1.82, 2.24) is 0 Å². The van der Waals surface area contributed by atoms with Gasteiger partial charge in [-0.05, 0) is 12.0 Å². The summed E-state index contributed by atoms with van der Waals surface area (Å²) in [5.41, 5.74) is 1.06. The van der Waals surface area contributed by atoms with E-state index >= 15 is 0 Å². The van der Waals surface area contributed by atoms with Crippen LogP contribution in [0.3, 0.4) is 0 Å². The van der Waals surface area contributed by atoms with E-state index in [9.17, 15) is 5.11 Å². The van der Waals surface area contributed by atoms with E-state index in [0.29, 0.717) is 6.61 Å². The number of nitriles is 1. The first kappa shape index (κ1) is 14.7. The Morgan fingerprint density at radius 2 is 2.00 bits per heavy atom.